The Morgan fingerprint density at radius 1 is 1.05 bits per heavy atom. The number of sulfonamides is 1. The molecule has 0 bridgehead atoms. The third-order valence-corrected chi connectivity index (χ3v) is 10.3. The van der Waals surface area contributed by atoms with E-state index in [0.29, 0.717) is 35.3 Å². The minimum atomic E-state index is -4.00. The van der Waals surface area contributed by atoms with Gasteiger partial charge in [0.05, 0.1) is 11.7 Å². The van der Waals surface area contributed by atoms with Crippen LogP contribution in [0, 0.1) is 20.8 Å². The number of amides is 1. The molecule has 1 saturated heterocycles. The maximum absolute atomic E-state index is 13.9. The molecule has 4 aromatic rings. The molecular formula is C27H31N7O4S2. The van der Waals surface area contributed by atoms with E-state index >= 15 is 0 Å². The van der Waals surface area contributed by atoms with E-state index in [1.807, 2.05) is 43.9 Å². The van der Waals surface area contributed by atoms with Crippen LogP contribution in [-0.4, -0.2) is 70.9 Å². The normalized spacial score (nSPS) is 14.6. The third kappa shape index (κ3) is 5.11. The highest BCUT2D eigenvalue weighted by atomic mass is 32.2. The summed E-state index contributed by atoms with van der Waals surface area (Å²) in [6.45, 7) is 8.92. The SMILES string of the molecule is CCN(C(=O)Cn1cnc2sc(C)c(S(=O)(=O)N3CCN(c4ncccn4)CC3)c2c1=O)c1cc(C)ccc1C. The minimum absolute atomic E-state index is 0.0291. The van der Waals surface area contributed by atoms with Gasteiger partial charge in [-0.25, -0.2) is 23.4 Å². The summed E-state index contributed by atoms with van der Waals surface area (Å²) in [7, 11) is -4.00. The van der Waals surface area contributed by atoms with Crippen molar-refractivity contribution in [2.24, 2.45) is 0 Å². The lowest BCUT2D eigenvalue weighted by atomic mass is 10.1. The van der Waals surface area contributed by atoms with E-state index in [9.17, 15) is 18.0 Å². The van der Waals surface area contributed by atoms with Crippen molar-refractivity contribution in [2.75, 3.05) is 42.5 Å². The number of carbonyl (C=O) groups is 1. The first kappa shape index (κ1) is 27.9. The van der Waals surface area contributed by atoms with Crippen LogP contribution in [0.15, 0.2) is 52.7 Å². The highest BCUT2D eigenvalue weighted by Crippen LogP contribution is 2.33. The first-order chi connectivity index (χ1) is 19.1. The molecule has 210 valence electrons. The molecule has 1 amide bonds. The summed E-state index contributed by atoms with van der Waals surface area (Å²) >= 11 is 1.16. The van der Waals surface area contributed by atoms with E-state index in [-0.39, 0.29) is 35.8 Å². The Morgan fingerprint density at radius 3 is 2.42 bits per heavy atom. The Labute approximate surface area is 236 Å². The topological polar surface area (TPSA) is 122 Å². The molecule has 1 aliphatic rings. The largest absolute Gasteiger partial charge is 0.338 e. The van der Waals surface area contributed by atoms with Crippen molar-refractivity contribution >= 4 is 49.1 Å². The number of nitrogens with zero attached hydrogens (tertiary/aromatic N) is 7. The van der Waals surface area contributed by atoms with Gasteiger partial charge in [-0.15, -0.1) is 11.3 Å². The van der Waals surface area contributed by atoms with E-state index in [1.54, 1.807) is 30.3 Å². The van der Waals surface area contributed by atoms with E-state index < -0.39 is 15.6 Å². The van der Waals surface area contributed by atoms with Crippen molar-refractivity contribution in [3.8, 4) is 0 Å². The number of benzene rings is 1. The number of fused-ring (bicyclic) bond motifs is 1. The van der Waals surface area contributed by atoms with Crippen molar-refractivity contribution in [1.29, 1.82) is 0 Å². The first-order valence-corrected chi connectivity index (χ1v) is 15.3. The second-order valence-corrected chi connectivity index (χ2v) is 12.8. The standard InChI is InChI=1S/C27H31N7O4S2/c1-5-34(21-15-18(2)7-8-19(21)3)22(35)16-32-17-30-25-23(26(32)36)24(20(4)39-25)40(37,38)33-13-11-31(12-14-33)27-28-9-6-10-29-27/h6-10,15,17H,5,11-14,16H2,1-4H3. The van der Waals surface area contributed by atoms with E-state index in [1.165, 1.54) is 15.2 Å². The number of aromatic nitrogens is 4. The first-order valence-electron chi connectivity index (χ1n) is 13.0. The number of carbonyl (C=O) groups excluding carboxylic acids is 1. The summed E-state index contributed by atoms with van der Waals surface area (Å²) < 4.78 is 30.3. The molecule has 5 rings (SSSR count). The van der Waals surface area contributed by atoms with Gasteiger partial charge in [0, 0.05) is 55.7 Å². The average molecular weight is 582 g/mol. The van der Waals surface area contributed by atoms with Crippen LogP contribution in [0.1, 0.15) is 22.9 Å². The highest BCUT2D eigenvalue weighted by molar-refractivity contribution is 7.89. The van der Waals surface area contributed by atoms with Crippen LogP contribution in [0.25, 0.3) is 10.2 Å². The number of hydrogen-bond donors (Lipinski definition) is 0. The van der Waals surface area contributed by atoms with Gasteiger partial charge in [0.25, 0.3) is 5.56 Å². The molecule has 0 spiro atoms. The maximum atomic E-state index is 13.9. The van der Waals surface area contributed by atoms with Gasteiger partial charge in [-0.05, 0) is 51.0 Å². The Morgan fingerprint density at radius 2 is 1.75 bits per heavy atom. The molecule has 1 fully saturated rings. The monoisotopic (exact) mass is 581 g/mol. The van der Waals surface area contributed by atoms with Crippen LogP contribution in [0.3, 0.4) is 0 Å². The van der Waals surface area contributed by atoms with Crippen LogP contribution in [0.4, 0.5) is 11.6 Å². The van der Waals surface area contributed by atoms with Crippen molar-refractivity contribution in [2.45, 2.75) is 39.1 Å². The Balaban J connectivity index is 1.44. The zero-order chi connectivity index (χ0) is 28.6. The van der Waals surface area contributed by atoms with Crippen molar-refractivity contribution in [1.82, 2.24) is 23.8 Å². The molecular weight excluding hydrogens is 550 g/mol. The van der Waals surface area contributed by atoms with Crippen LogP contribution >= 0.6 is 11.3 Å². The smallest absolute Gasteiger partial charge is 0.263 e. The fourth-order valence-corrected chi connectivity index (χ4v) is 8.06. The molecule has 1 aromatic carbocycles. The molecule has 40 heavy (non-hydrogen) atoms. The van der Waals surface area contributed by atoms with Crippen LogP contribution < -0.4 is 15.4 Å². The molecule has 11 nitrogen and oxygen atoms in total. The number of aryl methyl sites for hydroxylation is 3. The van der Waals surface area contributed by atoms with Crippen molar-refractivity contribution in [3.05, 3.63) is 69.3 Å². The molecule has 3 aromatic heterocycles. The van der Waals surface area contributed by atoms with Gasteiger partial charge in [-0.2, -0.15) is 4.31 Å². The molecule has 1 aliphatic heterocycles. The molecule has 4 heterocycles. The summed E-state index contributed by atoms with van der Waals surface area (Å²) in [5, 5.41) is 0.0291. The Kier molecular flexibility index (Phi) is 7.71. The van der Waals surface area contributed by atoms with E-state index in [2.05, 4.69) is 15.0 Å². The summed E-state index contributed by atoms with van der Waals surface area (Å²) in [5.74, 6) is 0.269. The molecule has 0 saturated carbocycles. The number of rotatable bonds is 7. The molecule has 0 aliphatic carbocycles. The molecule has 0 atom stereocenters. The van der Waals surface area contributed by atoms with Gasteiger partial charge in [0.2, 0.25) is 21.9 Å². The molecule has 13 heteroatoms. The summed E-state index contributed by atoms with van der Waals surface area (Å²) in [6, 6.07) is 7.61. The highest BCUT2D eigenvalue weighted by Gasteiger charge is 2.34. The van der Waals surface area contributed by atoms with E-state index in [0.717, 1.165) is 28.2 Å². The lowest BCUT2D eigenvalue weighted by Crippen LogP contribution is -2.49. The quantitative estimate of drug-likeness (QED) is 0.327. The second-order valence-electron chi connectivity index (χ2n) is 9.71. The van der Waals surface area contributed by atoms with Crippen LogP contribution in [0.5, 0.6) is 0 Å². The molecule has 0 radical (unpaired) electrons. The Bertz CT molecular complexity index is 1730. The van der Waals surface area contributed by atoms with Gasteiger partial charge in [0.15, 0.2) is 0 Å². The molecule has 0 unspecified atom stereocenters. The minimum Gasteiger partial charge on any atom is -0.338 e. The third-order valence-electron chi connectivity index (χ3n) is 7.05. The van der Waals surface area contributed by atoms with Gasteiger partial charge in [-0.3, -0.25) is 14.2 Å². The maximum Gasteiger partial charge on any atom is 0.263 e. The van der Waals surface area contributed by atoms with Gasteiger partial charge in [-0.1, -0.05) is 12.1 Å². The molecule has 0 N–H and O–H groups in total. The van der Waals surface area contributed by atoms with Gasteiger partial charge in [0.1, 0.15) is 16.3 Å². The number of likely N-dealkylation sites (N-methyl/N-ethyl adjacent to an activating group) is 1. The van der Waals surface area contributed by atoms with Crippen molar-refractivity contribution in [3.63, 3.8) is 0 Å². The Hall–Kier alpha value is -3.68. The number of piperazine rings is 1. The van der Waals surface area contributed by atoms with Crippen LogP contribution in [-0.2, 0) is 21.4 Å². The van der Waals surface area contributed by atoms with Gasteiger partial charge < -0.3 is 9.80 Å². The zero-order valence-corrected chi connectivity index (χ0v) is 24.5. The lowest BCUT2D eigenvalue weighted by Gasteiger charge is -2.33. The fourth-order valence-electron chi connectivity index (χ4n) is 4.97. The van der Waals surface area contributed by atoms with Crippen LogP contribution in [0.2, 0.25) is 0 Å². The number of hydrogen-bond acceptors (Lipinski definition) is 9. The van der Waals surface area contributed by atoms with Crippen molar-refractivity contribution < 1.29 is 13.2 Å². The predicted octanol–water partition coefficient (Wildman–Crippen LogP) is 2.74. The predicted molar refractivity (Wildman–Crippen MR) is 156 cm³/mol. The summed E-state index contributed by atoms with van der Waals surface area (Å²) in [4.78, 5) is 44.3. The average Bonchev–Trinajstić information content (AvgIpc) is 3.30. The van der Waals surface area contributed by atoms with E-state index in [4.69, 9.17) is 0 Å². The summed E-state index contributed by atoms with van der Waals surface area (Å²) in [6.07, 6.45) is 4.62. The van der Waals surface area contributed by atoms with Gasteiger partial charge >= 0.3 is 0 Å². The number of thiophene rings is 1. The zero-order valence-electron chi connectivity index (χ0n) is 22.9. The second kappa shape index (κ2) is 11.1. The fraction of sp³-hybridized carbons (Fsp3) is 0.370. The lowest BCUT2D eigenvalue weighted by molar-refractivity contribution is -0.119. The number of anilines is 2. The summed E-state index contributed by atoms with van der Waals surface area (Å²) in [5.41, 5.74) is 2.20.